The van der Waals surface area contributed by atoms with Gasteiger partial charge in [0.15, 0.2) is 0 Å². The molecule has 9 heteroatoms. The van der Waals surface area contributed by atoms with Gasteiger partial charge in [0.2, 0.25) is 6.33 Å². The van der Waals surface area contributed by atoms with Crippen molar-refractivity contribution in [3.05, 3.63) is 89.7 Å². The maximum Gasteiger partial charge on any atom is 0.336 e. The van der Waals surface area contributed by atoms with Crippen LogP contribution in [0.3, 0.4) is 0 Å². The van der Waals surface area contributed by atoms with Gasteiger partial charge in [0.25, 0.3) is 5.82 Å². The van der Waals surface area contributed by atoms with Crippen molar-refractivity contribution >= 4 is 17.6 Å². The zero-order valence-electron chi connectivity index (χ0n) is 28.6. The number of benzene rings is 2. The number of hydrogen-bond donors (Lipinski definition) is 2. The summed E-state index contributed by atoms with van der Waals surface area (Å²) in [7, 11) is 0. The zero-order valence-corrected chi connectivity index (χ0v) is 32.5. The molecule has 260 valence electrons. The van der Waals surface area contributed by atoms with Gasteiger partial charge in [-0.2, -0.15) is 0 Å². The Morgan fingerprint density at radius 3 is 1.98 bits per heavy atom. The SMILES string of the molecule is CCCCCCCCCCCCCC[n+]1ccn(-c2ccc(Cl)cc2)c1.CCC[n+]1cc[nH]c1-c1ccc(CC)cc1C(=O)O.[Br-].[Br-]. The number of rotatable bonds is 19. The summed E-state index contributed by atoms with van der Waals surface area (Å²) >= 11 is 5.95. The third-order valence-electron chi connectivity index (χ3n) is 8.29. The van der Waals surface area contributed by atoms with Crippen molar-refractivity contribution in [2.24, 2.45) is 0 Å². The Labute approximate surface area is 309 Å². The molecule has 0 aliphatic rings. The number of carboxylic acid groups (broad SMARTS) is 1. The van der Waals surface area contributed by atoms with Crippen LogP contribution in [0.5, 0.6) is 0 Å². The molecule has 0 aliphatic heterocycles. The number of carbonyl (C=O) groups is 1. The Kier molecular flexibility index (Phi) is 22.4. The first-order valence-corrected chi connectivity index (χ1v) is 17.6. The molecule has 0 bridgehead atoms. The van der Waals surface area contributed by atoms with E-state index in [1.807, 2.05) is 48.1 Å². The molecule has 6 nitrogen and oxygen atoms in total. The van der Waals surface area contributed by atoms with E-state index >= 15 is 0 Å². The molecule has 0 radical (unpaired) electrons. The van der Waals surface area contributed by atoms with E-state index in [2.05, 4.69) is 58.8 Å². The van der Waals surface area contributed by atoms with E-state index in [1.165, 1.54) is 77.0 Å². The fourth-order valence-corrected chi connectivity index (χ4v) is 5.77. The largest absolute Gasteiger partial charge is 1.00 e. The minimum Gasteiger partial charge on any atom is -1.00 e. The number of nitrogens with zero attached hydrogens (tertiary/aromatic N) is 3. The number of nitrogens with one attached hydrogen (secondary N) is 1. The van der Waals surface area contributed by atoms with E-state index in [4.69, 9.17) is 11.6 Å². The predicted molar refractivity (Wildman–Crippen MR) is 185 cm³/mol. The highest BCUT2D eigenvalue weighted by molar-refractivity contribution is 6.30. The molecule has 0 amide bonds. The maximum atomic E-state index is 11.4. The molecule has 0 saturated carbocycles. The van der Waals surface area contributed by atoms with Crippen molar-refractivity contribution in [1.82, 2.24) is 9.55 Å². The van der Waals surface area contributed by atoms with Crippen LogP contribution in [-0.2, 0) is 19.5 Å². The van der Waals surface area contributed by atoms with Crippen molar-refractivity contribution in [2.75, 3.05) is 0 Å². The number of imidazole rings is 2. The Balaban J connectivity index is 0.000000470. The standard InChI is InChI=1S/C23H36ClN2.C15H18N2O2.2BrH/c1-2-3-4-5-6-7-8-9-10-11-12-13-18-25-19-20-26(21-25)23-16-14-22(24)15-17-23;1-3-8-17-9-7-16-14(17)12-6-5-11(4-2)10-13(12)15(18)19;;/h14-17,19-21H,2-13,18H2,1H3;5-7,9-10H,3-4,8H2,1-2H3,(H,18,19);2*1H/q+1;;;/p-1. The first-order valence-electron chi connectivity index (χ1n) is 17.2. The summed E-state index contributed by atoms with van der Waals surface area (Å²) in [6.07, 6.45) is 28.9. The summed E-state index contributed by atoms with van der Waals surface area (Å²) < 4.78 is 6.48. The van der Waals surface area contributed by atoms with Gasteiger partial charge in [-0.15, -0.1) is 0 Å². The number of carboxylic acids is 1. The minimum atomic E-state index is -0.886. The molecule has 2 heterocycles. The normalized spacial score (nSPS) is 10.5. The molecule has 0 aliphatic carbocycles. The van der Waals surface area contributed by atoms with Crippen molar-refractivity contribution in [2.45, 2.75) is 124 Å². The lowest BCUT2D eigenvalue weighted by Gasteiger charge is -2.06. The van der Waals surface area contributed by atoms with Crippen LogP contribution in [0, 0.1) is 0 Å². The summed E-state index contributed by atoms with van der Waals surface area (Å²) in [6.45, 7) is 8.38. The number of aryl methyl sites for hydroxylation is 3. The summed E-state index contributed by atoms with van der Waals surface area (Å²) in [4.78, 5) is 14.6. The van der Waals surface area contributed by atoms with Gasteiger partial charge in [0.05, 0.1) is 24.2 Å². The smallest absolute Gasteiger partial charge is 0.336 e. The molecule has 4 aromatic rings. The molecule has 0 fully saturated rings. The van der Waals surface area contributed by atoms with E-state index in [9.17, 15) is 9.90 Å². The first-order chi connectivity index (χ1) is 22.0. The number of unbranched alkanes of at least 4 members (excludes halogenated alkanes) is 11. The number of hydrogen-bond acceptors (Lipinski definition) is 1. The zero-order chi connectivity index (χ0) is 32.3. The molecule has 4 rings (SSSR count). The third kappa shape index (κ3) is 15.1. The van der Waals surface area contributed by atoms with Crippen LogP contribution in [-0.4, -0.2) is 20.6 Å². The first kappa shape index (κ1) is 42.6. The van der Waals surface area contributed by atoms with Crippen LogP contribution < -0.4 is 43.1 Å². The summed E-state index contributed by atoms with van der Waals surface area (Å²) in [5.74, 6) is -0.0372. The average Bonchev–Trinajstić information content (AvgIpc) is 3.72. The fourth-order valence-electron chi connectivity index (χ4n) is 5.65. The fraction of sp³-hybridized carbons (Fsp3) is 0.500. The number of halogens is 3. The van der Waals surface area contributed by atoms with Gasteiger partial charge in [-0.25, -0.2) is 23.5 Å². The van der Waals surface area contributed by atoms with Gasteiger partial charge >= 0.3 is 5.97 Å². The van der Waals surface area contributed by atoms with E-state index in [-0.39, 0.29) is 34.0 Å². The van der Waals surface area contributed by atoms with Crippen molar-refractivity contribution in [3.63, 3.8) is 0 Å². The Morgan fingerprint density at radius 2 is 1.40 bits per heavy atom. The van der Waals surface area contributed by atoms with E-state index < -0.39 is 5.97 Å². The van der Waals surface area contributed by atoms with Gasteiger partial charge in [0.1, 0.15) is 30.5 Å². The number of aromatic nitrogens is 4. The Morgan fingerprint density at radius 1 is 0.787 bits per heavy atom. The minimum absolute atomic E-state index is 0. The lowest BCUT2D eigenvalue weighted by Crippen LogP contribution is -3.00. The van der Waals surface area contributed by atoms with Crippen LogP contribution in [0.2, 0.25) is 5.02 Å². The number of H-pyrrole nitrogens is 1. The molecule has 0 saturated heterocycles. The van der Waals surface area contributed by atoms with E-state index in [1.54, 1.807) is 6.07 Å². The van der Waals surface area contributed by atoms with Gasteiger partial charge < -0.3 is 39.1 Å². The molecule has 2 aromatic heterocycles. The third-order valence-corrected chi connectivity index (χ3v) is 8.54. The second-order valence-electron chi connectivity index (χ2n) is 12.0. The molecule has 2 N–H and O–H groups in total. The van der Waals surface area contributed by atoms with E-state index in [0.717, 1.165) is 53.6 Å². The average molecular weight is 795 g/mol. The highest BCUT2D eigenvalue weighted by Crippen LogP contribution is 2.21. The number of aromatic carboxylic acids is 1. The quantitative estimate of drug-likeness (QED) is 0.112. The molecular formula is C38H55Br2ClN4O2. The van der Waals surface area contributed by atoms with Gasteiger partial charge in [-0.1, -0.05) is 103 Å². The maximum absolute atomic E-state index is 11.4. The van der Waals surface area contributed by atoms with Crippen molar-refractivity contribution < 1.29 is 53.0 Å². The van der Waals surface area contributed by atoms with Crippen molar-refractivity contribution in [3.8, 4) is 17.1 Å². The Hall–Kier alpha value is -2.42. The molecule has 0 unspecified atom stereocenters. The second-order valence-corrected chi connectivity index (χ2v) is 12.4. The molecule has 0 spiro atoms. The Bertz CT molecular complexity index is 1400. The summed E-state index contributed by atoms with van der Waals surface area (Å²) in [5.41, 5.74) is 3.28. The lowest BCUT2D eigenvalue weighted by molar-refractivity contribution is -0.696. The van der Waals surface area contributed by atoms with Crippen LogP contribution in [0.4, 0.5) is 0 Å². The van der Waals surface area contributed by atoms with Gasteiger partial charge in [-0.05, 0) is 67.6 Å². The van der Waals surface area contributed by atoms with Crippen LogP contribution in [0.1, 0.15) is 120 Å². The highest BCUT2D eigenvalue weighted by atomic mass is 79.9. The van der Waals surface area contributed by atoms with Crippen LogP contribution >= 0.6 is 11.6 Å². The summed E-state index contributed by atoms with van der Waals surface area (Å²) in [6, 6.07) is 13.6. The van der Waals surface area contributed by atoms with Gasteiger partial charge in [-0.3, -0.25) is 0 Å². The predicted octanol–water partition coefficient (Wildman–Crippen LogP) is 3.77. The second kappa shape index (κ2) is 24.7. The monoisotopic (exact) mass is 792 g/mol. The lowest BCUT2D eigenvalue weighted by atomic mass is 10.0. The van der Waals surface area contributed by atoms with Crippen molar-refractivity contribution in [1.29, 1.82) is 0 Å². The highest BCUT2D eigenvalue weighted by Gasteiger charge is 2.20. The number of aromatic amines is 1. The topological polar surface area (TPSA) is 65.8 Å². The van der Waals surface area contributed by atoms with Crippen LogP contribution in [0.25, 0.3) is 17.1 Å². The molecular weight excluding hydrogens is 740 g/mol. The summed E-state index contributed by atoms with van der Waals surface area (Å²) in [5, 5.41) is 10.2. The van der Waals surface area contributed by atoms with E-state index in [0.29, 0.717) is 5.56 Å². The molecule has 2 aromatic carbocycles. The molecule has 0 atom stereocenters. The van der Waals surface area contributed by atoms with Crippen LogP contribution in [0.15, 0.2) is 73.6 Å². The van der Waals surface area contributed by atoms with Gasteiger partial charge in [0, 0.05) is 5.02 Å². The molecule has 47 heavy (non-hydrogen) atoms.